The van der Waals surface area contributed by atoms with Gasteiger partial charge in [0.15, 0.2) is 0 Å². The molecule has 94 valence electrons. The highest BCUT2D eigenvalue weighted by atomic mass is 19.4. The van der Waals surface area contributed by atoms with E-state index in [1.165, 1.54) is 0 Å². The van der Waals surface area contributed by atoms with Crippen molar-refractivity contribution in [1.82, 2.24) is 9.55 Å². The van der Waals surface area contributed by atoms with E-state index in [9.17, 15) is 13.2 Å². The van der Waals surface area contributed by atoms with Crippen LogP contribution < -0.4 is 0 Å². The van der Waals surface area contributed by atoms with Gasteiger partial charge in [-0.3, -0.25) is 4.98 Å². The highest BCUT2D eigenvalue weighted by molar-refractivity contribution is 5.76. The number of aromatic nitrogens is 2. The number of rotatable bonds is 1. The van der Waals surface area contributed by atoms with Crippen LogP contribution >= 0.6 is 0 Å². The van der Waals surface area contributed by atoms with Crippen LogP contribution in [0.5, 0.6) is 0 Å². The van der Waals surface area contributed by atoms with Gasteiger partial charge in [-0.1, -0.05) is 0 Å². The third-order valence-corrected chi connectivity index (χ3v) is 4.57. The van der Waals surface area contributed by atoms with Crippen LogP contribution in [0.15, 0.2) is 30.6 Å². The Balaban J connectivity index is 1.73. The maximum Gasteiger partial charge on any atom is 0.394 e. The van der Waals surface area contributed by atoms with Gasteiger partial charge in [-0.2, -0.15) is 13.2 Å². The van der Waals surface area contributed by atoms with Crippen LogP contribution in [0.4, 0.5) is 13.2 Å². The third kappa shape index (κ3) is 0.993. The molecule has 0 spiro atoms. The molecule has 3 saturated carbocycles. The molecule has 2 bridgehead atoms. The van der Waals surface area contributed by atoms with Gasteiger partial charge < -0.3 is 4.57 Å². The van der Waals surface area contributed by atoms with E-state index < -0.39 is 11.6 Å². The summed E-state index contributed by atoms with van der Waals surface area (Å²) < 4.78 is 40.5. The number of hydrogen-bond acceptors (Lipinski definition) is 1. The maximum absolute atomic E-state index is 12.8. The summed E-state index contributed by atoms with van der Waals surface area (Å²) in [5.74, 6) is 0. The van der Waals surface area contributed by atoms with E-state index in [4.69, 9.17) is 0 Å². The standard InChI is InChI=1S/C13H11F3N2/c14-13(15,16)11-6-12(7-11,8-11)18-5-3-9-10(18)2-1-4-17-9/h1-5H,6-8H2. The molecular weight excluding hydrogens is 241 g/mol. The molecule has 5 rings (SSSR count). The summed E-state index contributed by atoms with van der Waals surface area (Å²) in [6, 6.07) is 5.61. The van der Waals surface area contributed by atoms with Crippen LogP contribution in [-0.4, -0.2) is 15.7 Å². The molecule has 0 atom stereocenters. The minimum Gasteiger partial charge on any atom is -0.340 e. The predicted octanol–water partition coefficient (Wildman–Crippen LogP) is 3.48. The highest BCUT2D eigenvalue weighted by Crippen LogP contribution is 2.77. The van der Waals surface area contributed by atoms with Crippen LogP contribution in [-0.2, 0) is 5.54 Å². The Morgan fingerprint density at radius 2 is 1.89 bits per heavy atom. The molecule has 0 unspecified atom stereocenters. The van der Waals surface area contributed by atoms with Gasteiger partial charge in [-0.25, -0.2) is 0 Å². The number of fused-ring (bicyclic) bond motifs is 1. The quantitative estimate of drug-likeness (QED) is 0.759. The number of hydrogen-bond donors (Lipinski definition) is 0. The van der Waals surface area contributed by atoms with Crippen molar-refractivity contribution in [2.24, 2.45) is 5.41 Å². The molecule has 2 heterocycles. The first-order valence-corrected chi connectivity index (χ1v) is 5.95. The van der Waals surface area contributed by atoms with Crippen molar-refractivity contribution in [3.63, 3.8) is 0 Å². The molecule has 3 aliphatic carbocycles. The minimum absolute atomic E-state index is 0.224. The maximum atomic E-state index is 12.8. The van der Waals surface area contributed by atoms with Crippen molar-refractivity contribution < 1.29 is 13.2 Å². The molecule has 18 heavy (non-hydrogen) atoms. The number of halogens is 3. The zero-order valence-corrected chi connectivity index (χ0v) is 9.54. The van der Waals surface area contributed by atoms with Crippen molar-refractivity contribution >= 4 is 11.0 Å². The molecule has 2 aromatic heterocycles. The third-order valence-electron chi connectivity index (χ3n) is 4.57. The topological polar surface area (TPSA) is 17.8 Å². The van der Waals surface area contributed by atoms with E-state index >= 15 is 0 Å². The molecule has 3 aliphatic rings. The fourth-order valence-corrected chi connectivity index (χ4v) is 3.67. The van der Waals surface area contributed by atoms with Crippen LogP contribution in [0.2, 0.25) is 0 Å². The minimum atomic E-state index is -4.05. The fraction of sp³-hybridized carbons (Fsp3) is 0.462. The average molecular weight is 252 g/mol. The van der Waals surface area contributed by atoms with Crippen molar-refractivity contribution in [3.8, 4) is 0 Å². The lowest BCUT2D eigenvalue weighted by Gasteiger charge is -2.70. The number of alkyl halides is 3. The van der Waals surface area contributed by atoms with Gasteiger partial charge in [0.2, 0.25) is 0 Å². The van der Waals surface area contributed by atoms with Gasteiger partial charge in [0.1, 0.15) is 0 Å². The largest absolute Gasteiger partial charge is 0.394 e. The lowest BCUT2D eigenvalue weighted by atomic mass is 9.39. The summed E-state index contributed by atoms with van der Waals surface area (Å²) in [5, 5.41) is 0. The second-order valence-electron chi connectivity index (χ2n) is 5.63. The van der Waals surface area contributed by atoms with E-state index in [-0.39, 0.29) is 24.8 Å². The second-order valence-corrected chi connectivity index (χ2v) is 5.63. The Labute approximate surface area is 101 Å². The Hall–Kier alpha value is -1.52. The molecule has 0 N–H and O–H groups in total. The average Bonchev–Trinajstić information content (AvgIpc) is 2.56. The normalized spacial score (nSPS) is 34.2. The van der Waals surface area contributed by atoms with E-state index in [0.717, 1.165) is 11.0 Å². The van der Waals surface area contributed by atoms with E-state index in [1.807, 2.05) is 29.0 Å². The van der Waals surface area contributed by atoms with Gasteiger partial charge in [-0.05, 0) is 37.5 Å². The fourth-order valence-electron chi connectivity index (χ4n) is 3.67. The molecule has 3 fully saturated rings. The first kappa shape index (κ1) is 10.4. The Bertz CT molecular complexity index is 621. The smallest absolute Gasteiger partial charge is 0.340 e. The Kier molecular flexibility index (Phi) is 1.58. The van der Waals surface area contributed by atoms with Crippen LogP contribution in [0.3, 0.4) is 0 Å². The molecule has 0 radical (unpaired) electrons. The van der Waals surface area contributed by atoms with E-state index in [2.05, 4.69) is 4.98 Å². The van der Waals surface area contributed by atoms with Crippen molar-refractivity contribution in [1.29, 1.82) is 0 Å². The molecule has 5 heteroatoms. The first-order chi connectivity index (χ1) is 8.46. The first-order valence-electron chi connectivity index (χ1n) is 5.95. The number of pyridine rings is 1. The zero-order chi connectivity index (χ0) is 12.6. The summed E-state index contributed by atoms with van der Waals surface area (Å²) >= 11 is 0. The molecular formula is C13H11F3N2. The highest BCUT2D eigenvalue weighted by Gasteiger charge is 2.79. The van der Waals surface area contributed by atoms with Gasteiger partial charge in [0.05, 0.1) is 16.4 Å². The summed E-state index contributed by atoms with van der Waals surface area (Å²) in [5.41, 5.74) is 0.0859. The summed E-state index contributed by atoms with van der Waals surface area (Å²) in [6.07, 6.45) is 0.200. The Morgan fingerprint density at radius 3 is 2.56 bits per heavy atom. The molecule has 0 aliphatic heterocycles. The van der Waals surface area contributed by atoms with Crippen molar-refractivity contribution in [2.75, 3.05) is 0 Å². The number of nitrogens with zero attached hydrogens (tertiary/aromatic N) is 2. The summed E-state index contributed by atoms with van der Waals surface area (Å²) in [6.45, 7) is 0. The van der Waals surface area contributed by atoms with E-state index in [0.29, 0.717) is 0 Å². The molecule has 2 aromatic rings. The molecule has 0 saturated heterocycles. The van der Waals surface area contributed by atoms with Crippen LogP contribution in [0.25, 0.3) is 11.0 Å². The van der Waals surface area contributed by atoms with Gasteiger partial charge in [0, 0.05) is 17.9 Å². The van der Waals surface area contributed by atoms with Gasteiger partial charge in [0.25, 0.3) is 0 Å². The summed E-state index contributed by atoms with van der Waals surface area (Å²) in [4.78, 5) is 4.21. The lowest BCUT2D eigenvalue weighted by Crippen LogP contribution is -2.72. The van der Waals surface area contributed by atoms with Crippen LogP contribution in [0, 0.1) is 5.41 Å². The van der Waals surface area contributed by atoms with Gasteiger partial charge in [-0.15, -0.1) is 0 Å². The SMILES string of the molecule is FC(F)(F)C12CC(n3ccc4ncccc43)(C1)C2. The lowest BCUT2D eigenvalue weighted by molar-refractivity contribution is -0.353. The zero-order valence-electron chi connectivity index (χ0n) is 9.54. The van der Waals surface area contributed by atoms with Crippen molar-refractivity contribution in [2.45, 2.75) is 31.0 Å². The second kappa shape index (κ2) is 2.73. The van der Waals surface area contributed by atoms with Crippen molar-refractivity contribution in [3.05, 3.63) is 30.6 Å². The molecule has 0 aromatic carbocycles. The van der Waals surface area contributed by atoms with Crippen LogP contribution in [0.1, 0.15) is 19.3 Å². The molecule has 0 amide bonds. The molecule has 2 nitrogen and oxygen atoms in total. The monoisotopic (exact) mass is 252 g/mol. The Morgan fingerprint density at radius 1 is 1.17 bits per heavy atom. The summed E-state index contributed by atoms with van der Waals surface area (Å²) in [7, 11) is 0. The van der Waals surface area contributed by atoms with Gasteiger partial charge >= 0.3 is 6.18 Å². The predicted molar refractivity (Wildman–Crippen MR) is 60.0 cm³/mol. The van der Waals surface area contributed by atoms with E-state index in [1.54, 1.807) is 6.20 Å².